The van der Waals surface area contributed by atoms with E-state index in [0.29, 0.717) is 11.5 Å². The summed E-state index contributed by atoms with van der Waals surface area (Å²) in [7, 11) is 2.22. The number of nitrogens with zero attached hydrogens (tertiary/aromatic N) is 1. The molecule has 1 aliphatic carbocycles. The Kier molecular flexibility index (Phi) is 3.83. The molecule has 0 bridgehead atoms. The van der Waals surface area contributed by atoms with Gasteiger partial charge in [-0.05, 0) is 51.6 Å². The molecule has 15 heavy (non-hydrogen) atoms. The molecule has 0 aliphatic heterocycles. The largest absolute Gasteiger partial charge is 0.325 e. The zero-order valence-corrected chi connectivity index (χ0v) is 11.1. The molecular formula is C13H28N2. The molecule has 1 aliphatic rings. The Hall–Kier alpha value is -0.0800. The van der Waals surface area contributed by atoms with E-state index in [1.165, 1.54) is 19.3 Å². The molecule has 0 heterocycles. The van der Waals surface area contributed by atoms with Gasteiger partial charge in [0.15, 0.2) is 0 Å². The van der Waals surface area contributed by atoms with Gasteiger partial charge in [-0.25, -0.2) is 0 Å². The maximum absolute atomic E-state index is 6.23. The number of nitrogens with two attached hydrogens (primary N) is 1. The lowest BCUT2D eigenvalue weighted by atomic mass is 9.75. The predicted molar refractivity (Wildman–Crippen MR) is 66.9 cm³/mol. The molecule has 90 valence electrons. The van der Waals surface area contributed by atoms with Gasteiger partial charge in [0.25, 0.3) is 0 Å². The van der Waals surface area contributed by atoms with E-state index in [4.69, 9.17) is 5.73 Å². The Bertz CT molecular complexity index is 201. The smallest absolute Gasteiger partial charge is 0.0166 e. The fourth-order valence-corrected chi connectivity index (χ4v) is 2.13. The van der Waals surface area contributed by atoms with E-state index in [1.54, 1.807) is 0 Å². The quantitative estimate of drug-likeness (QED) is 0.776. The lowest BCUT2D eigenvalue weighted by Gasteiger charge is -2.41. The molecule has 0 spiro atoms. The Morgan fingerprint density at radius 3 is 2.20 bits per heavy atom. The highest BCUT2D eigenvalue weighted by Crippen LogP contribution is 2.33. The van der Waals surface area contributed by atoms with Crippen molar-refractivity contribution in [1.29, 1.82) is 0 Å². The molecule has 1 rings (SSSR count). The minimum absolute atomic E-state index is 0.172. The van der Waals surface area contributed by atoms with E-state index >= 15 is 0 Å². The first-order chi connectivity index (χ1) is 6.75. The highest BCUT2D eigenvalue weighted by molar-refractivity contribution is 4.93. The average molecular weight is 212 g/mol. The second kappa shape index (κ2) is 4.42. The third-order valence-electron chi connectivity index (χ3n) is 4.23. The molecule has 0 saturated heterocycles. The fourth-order valence-electron chi connectivity index (χ4n) is 2.13. The van der Waals surface area contributed by atoms with Gasteiger partial charge in [-0.15, -0.1) is 0 Å². The van der Waals surface area contributed by atoms with E-state index in [1.807, 2.05) is 0 Å². The van der Waals surface area contributed by atoms with Crippen molar-refractivity contribution in [2.45, 2.75) is 65.0 Å². The van der Waals surface area contributed by atoms with Crippen LogP contribution in [0, 0.1) is 5.41 Å². The second-order valence-corrected chi connectivity index (χ2v) is 6.49. The zero-order chi connectivity index (χ0) is 11.7. The van der Waals surface area contributed by atoms with Crippen molar-refractivity contribution in [3.8, 4) is 0 Å². The van der Waals surface area contributed by atoms with Crippen molar-refractivity contribution in [2.24, 2.45) is 11.1 Å². The molecule has 1 saturated carbocycles. The summed E-state index contributed by atoms with van der Waals surface area (Å²) in [5.41, 5.74) is 6.76. The minimum Gasteiger partial charge on any atom is -0.325 e. The monoisotopic (exact) mass is 212 g/mol. The third-order valence-corrected chi connectivity index (χ3v) is 4.23. The first-order valence-electron chi connectivity index (χ1n) is 6.24. The van der Waals surface area contributed by atoms with Crippen LogP contribution in [0.15, 0.2) is 0 Å². The van der Waals surface area contributed by atoms with Gasteiger partial charge in [-0.1, -0.05) is 20.8 Å². The normalized spacial score (nSPS) is 22.6. The summed E-state index contributed by atoms with van der Waals surface area (Å²) >= 11 is 0. The molecule has 0 aromatic carbocycles. The fraction of sp³-hybridized carbons (Fsp3) is 1.00. The first kappa shape index (κ1) is 13.0. The zero-order valence-electron chi connectivity index (χ0n) is 11.1. The maximum Gasteiger partial charge on any atom is 0.0166 e. The third kappa shape index (κ3) is 3.46. The van der Waals surface area contributed by atoms with Crippen molar-refractivity contribution >= 4 is 0 Å². The standard InChI is InChI=1S/C13H28N2/c1-11(12(2,3)4)15(5)10-9-13(14)7-6-8-13/h11H,6-10,14H2,1-5H3. The van der Waals surface area contributed by atoms with Crippen LogP contribution in [0.5, 0.6) is 0 Å². The molecule has 0 aromatic rings. The highest BCUT2D eigenvalue weighted by atomic mass is 15.1. The summed E-state index contributed by atoms with van der Waals surface area (Å²) < 4.78 is 0. The Morgan fingerprint density at radius 2 is 1.87 bits per heavy atom. The molecule has 2 nitrogen and oxygen atoms in total. The molecule has 2 N–H and O–H groups in total. The van der Waals surface area contributed by atoms with Crippen LogP contribution >= 0.6 is 0 Å². The lowest BCUT2D eigenvalue weighted by Crippen LogP contribution is -2.50. The molecular weight excluding hydrogens is 184 g/mol. The van der Waals surface area contributed by atoms with E-state index in [2.05, 4.69) is 39.6 Å². The average Bonchev–Trinajstić information content (AvgIpc) is 2.08. The van der Waals surface area contributed by atoms with Gasteiger partial charge in [0.2, 0.25) is 0 Å². The van der Waals surface area contributed by atoms with Crippen LogP contribution in [0.2, 0.25) is 0 Å². The molecule has 2 heteroatoms. The van der Waals surface area contributed by atoms with Gasteiger partial charge in [0.05, 0.1) is 0 Å². The topological polar surface area (TPSA) is 29.3 Å². The summed E-state index contributed by atoms with van der Waals surface area (Å²) in [6.07, 6.45) is 4.94. The van der Waals surface area contributed by atoms with Crippen molar-refractivity contribution in [2.75, 3.05) is 13.6 Å². The summed E-state index contributed by atoms with van der Waals surface area (Å²) in [6.45, 7) is 10.3. The van der Waals surface area contributed by atoms with Crippen LogP contribution in [0.1, 0.15) is 53.4 Å². The lowest BCUT2D eigenvalue weighted by molar-refractivity contribution is 0.116. The van der Waals surface area contributed by atoms with E-state index in [0.717, 1.165) is 13.0 Å². The van der Waals surface area contributed by atoms with Crippen molar-refractivity contribution < 1.29 is 0 Å². The van der Waals surface area contributed by atoms with Gasteiger partial charge >= 0.3 is 0 Å². The van der Waals surface area contributed by atoms with E-state index in [9.17, 15) is 0 Å². The molecule has 1 atom stereocenters. The van der Waals surface area contributed by atoms with E-state index < -0.39 is 0 Å². The number of hydrogen-bond donors (Lipinski definition) is 1. The van der Waals surface area contributed by atoms with Crippen LogP contribution in [-0.2, 0) is 0 Å². The molecule has 0 aromatic heterocycles. The van der Waals surface area contributed by atoms with Crippen LogP contribution in [-0.4, -0.2) is 30.1 Å². The Balaban J connectivity index is 2.32. The first-order valence-corrected chi connectivity index (χ1v) is 6.24. The van der Waals surface area contributed by atoms with Gasteiger partial charge in [0, 0.05) is 11.6 Å². The van der Waals surface area contributed by atoms with Gasteiger partial charge in [-0.2, -0.15) is 0 Å². The van der Waals surface area contributed by atoms with Gasteiger partial charge < -0.3 is 10.6 Å². The minimum atomic E-state index is 0.172. The van der Waals surface area contributed by atoms with Crippen molar-refractivity contribution in [3.05, 3.63) is 0 Å². The van der Waals surface area contributed by atoms with Gasteiger partial charge in [-0.3, -0.25) is 0 Å². The van der Waals surface area contributed by atoms with Crippen LogP contribution < -0.4 is 5.73 Å². The summed E-state index contributed by atoms with van der Waals surface area (Å²) in [5, 5.41) is 0. The summed E-state index contributed by atoms with van der Waals surface area (Å²) in [6, 6.07) is 0.612. The maximum atomic E-state index is 6.23. The number of hydrogen-bond acceptors (Lipinski definition) is 2. The summed E-state index contributed by atoms with van der Waals surface area (Å²) in [4.78, 5) is 2.45. The van der Waals surface area contributed by atoms with E-state index in [-0.39, 0.29) is 5.54 Å². The molecule has 0 radical (unpaired) electrons. The van der Waals surface area contributed by atoms with Crippen LogP contribution in [0.25, 0.3) is 0 Å². The molecule has 1 unspecified atom stereocenters. The molecule has 1 fully saturated rings. The van der Waals surface area contributed by atoms with Gasteiger partial charge in [0.1, 0.15) is 0 Å². The summed E-state index contributed by atoms with van der Waals surface area (Å²) in [5.74, 6) is 0. The SMILES string of the molecule is CC(N(C)CCC1(N)CCC1)C(C)(C)C. The van der Waals surface area contributed by atoms with Crippen molar-refractivity contribution in [3.63, 3.8) is 0 Å². The molecule has 0 amide bonds. The second-order valence-electron chi connectivity index (χ2n) is 6.49. The van der Waals surface area contributed by atoms with Crippen molar-refractivity contribution in [1.82, 2.24) is 4.90 Å². The predicted octanol–water partition coefficient (Wildman–Crippen LogP) is 2.62. The highest BCUT2D eigenvalue weighted by Gasteiger charge is 2.33. The van der Waals surface area contributed by atoms with Crippen LogP contribution in [0.3, 0.4) is 0 Å². The Labute approximate surface area is 95.2 Å². The van der Waals surface area contributed by atoms with Crippen LogP contribution in [0.4, 0.5) is 0 Å². The number of rotatable bonds is 4. The Morgan fingerprint density at radius 1 is 1.33 bits per heavy atom.